The lowest BCUT2D eigenvalue weighted by molar-refractivity contribution is -0.112. The Bertz CT molecular complexity index is 1400. The summed E-state index contributed by atoms with van der Waals surface area (Å²) in [5.41, 5.74) is 1.28. The van der Waals surface area contributed by atoms with Gasteiger partial charge in [0.15, 0.2) is 0 Å². The first kappa shape index (κ1) is 21.5. The predicted octanol–water partition coefficient (Wildman–Crippen LogP) is 5.74. The van der Waals surface area contributed by atoms with Crippen LogP contribution in [-0.4, -0.2) is 11.9 Å². The Kier molecular flexibility index (Phi) is 6.24. The van der Waals surface area contributed by atoms with Gasteiger partial charge in [-0.25, -0.2) is 9.18 Å². The van der Waals surface area contributed by atoms with E-state index in [2.05, 4.69) is 5.32 Å². The number of carbonyl (C=O) groups excluding carboxylic acids is 2. The molecule has 0 aromatic heterocycles. The predicted molar refractivity (Wildman–Crippen MR) is 124 cm³/mol. The third-order valence-corrected chi connectivity index (χ3v) is 4.88. The number of fused-ring (bicyclic) bond motifs is 1. The first-order valence-corrected chi connectivity index (χ1v) is 10.0. The molecule has 6 heteroatoms. The average molecular weight is 436 g/mol. The van der Waals surface area contributed by atoms with Gasteiger partial charge in [0, 0.05) is 5.69 Å². The maximum absolute atomic E-state index is 13.0. The molecule has 0 saturated carbocycles. The van der Waals surface area contributed by atoms with Crippen molar-refractivity contribution >= 4 is 34.4 Å². The molecule has 4 aromatic rings. The normalized spacial score (nSPS) is 11.0. The molecule has 5 nitrogen and oxygen atoms in total. The highest BCUT2D eigenvalue weighted by atomic mass is 19.1. The fourth-order valence-electron chi connectivity index (χ4n) is 3.24. The molecule has 4 rings (SSSR count). The monoisotopic (exact) mass is 436 g/mol. The summed E-state index contributed by atoms with van der Waals surface area (Å²) < 4.78 is 18.5. The molecular weight excluding hydrogens is 419 g/mol. The summed E-state index contributed by atoms with van der Waals surface area (Å²) in [5, 5.41) is 13.6. The highest BCUT2D eigenvalue weighted by Crippen LogP contribution is 2.22. The van der Waals surface area contributed by atoms with Crippen LogP contribution < -0.4 is 10.1 Å². The van der Waals surface area contributed by atoms with Gasteiger partial charge in [-0.3, -0.25) is 4.79 Å². The van der Waals surface area contributed by atoms with Crippen LogP contribution in [-0.2, 0) is 4.79 Å². The maximum Gasteiger partial charge on any atom is 0.344 e. The smallest absolute Gasteiger partial charge is 0.344 e. The van der Waals surface area contributed by atoms with Gasteiger partial charge >= 0.3 is 5.97 Å². The highest BCUT2D eigenvalue weighted by Gasteiger charge is 2.13. The summed E-state index contributed by atoms with van der Waals surface area (Å²) >= 11 is 0. The molecule has 0 saturated heterocycles. The molecule has 33 heavy (non-hydrogen) atoms. The van der Waals surface area contributed by atoms with Gasteiger partial charge in [-0.2, -0.15) is 5.26 Å². The quantitative estimate of drug-likeness (QED) is 0.187. The molecule has 1 amide bonds. The first-order chi connectivity index (χ1) is 16.0. The molecule has 0 radical (unpaired) electrons. The number of hydrogen-bond acceptors (Lipinski definition) is 4. The summed E-state index contributed by atoms with van der Waals surface area (Å²) in [5.74, 6) is -1.19. The van der Waals surface area contributed by atoms with Crippen LogP contribution in [0.4, 0.5) is 10.1 Å². The second kappa shape index (κ2) is 9.58. The number of benzene rings is 4. The van der Waals surface area contributed by atoms with Crippen LogP contribution in [0, 0.1) is 17.1 Å². The number of halogens is 1. The lowest BCUT2D eigenvalue weighted by Crippen LogP contribution is -2.13. The van der Waals surface area contributed by atoms with Crippen LogP contribution in [0.15, 0.2) is 96.6 Å². The molecule has 0 bridgehead atoms. The van der Waals surface area contributed by atoms with Gasteiger partial charge in [0.05, 0.1) is 5.56 Å². The van der Waals surface area contributed by atoms with E-state index in [4.69, 9.17) is 4.74 Å². The summed E-state index contributed by atoms with van der Waals surface area (Å²) in [6.45, 7) is 0. The summed E-state index contributed by atoms with van der Waals surface area (Å²) in [7, 11) is 0. The van der Waals surface area contributed by atoms with E-state index in [9.17, 15) is 19.2 Å². The van der Waals surface area contributed by atoms with E-state index < -0.39 is 17.7 Å². The Morgan fingerprint density at radius 3 is 2.30 bits per heavy atom. The van der Waals surface area contributed by atoms with Gasteiger partial charge < -0.3 is 10.1 Å². The number of ether oxygens (including phenoxy) is 1. The fraction of sp³-hybridized carbons (Fsp3) is 0. The number of hydrogen-bond donors (Lipinski definition) is 1. The Morgan fingerprint density at radius 2 is 1.58 bits per heavy atom. The van der Waals surface area contributed by atoms with Gasteiger partial charge in [-0.05, 0) is 64.9 Å². The molecule has 0 heterocycles. The molecule has 0 aliphatic carbocycles. The molecule has 1 N–H and O–H groups in total. The first-order valence-electron chi connectivity index (χ1n) is 10.0. The van der Waals surface area contributed by atoms with Gasteiger partial charge in [0.2, 0.25) is 0 Å². The van der Waals surface area contributed by atoms with Gasteiger partial charge in [0.25, 0.3) is 5.91 Å². The Labute approximate surface area is 189 Å². The van der Waals surface area contributed by atoms with E-state index in [1.165, 1.54) is 30.3 Å². The zero-order chi connectivity index (χ0) is 23.2. The number of nitrogens with zero attached hydrogens (tertiary/aromatic N) is 1. The second-order valence-corrected chi connectivity index (χ2v) is 7.12. The van der Waals surface area contributed by atoms with Gasteiger partial charge in [0.1, 0.15) is 23.2 Å². The van der Waals surface area contributed by atoms with E-state index >= 15 is 0 Å². The van der Waals surface area contributed by atoms with Crippen molar-refractivity contribution in [3.8, 4) is 11.8 Å². The summed E-state index contributed by atoms with van der Waals surface area (Å²) in [4.78, 5) is 25.0. The number of nitrogens with one attached hydrogen (secondary N) is 1. The minimum atomic E-state index is -0.615. The third-order valence-electron chi connectivity index (χ3n) is 4.88. The fourth-order valence-corrected chi connectivity index (χ4v) is 3.24. The minimum Gasteiger partial charge on any atom is -0.423 e. The van der Waals surface area contributed by atoms with Crippen molar-refractivity contribution in [2.45, 2.75) is 0 Å². The molecule has 0 fully saturated rings. The topological polar surface area (TPSA) is 79.2 Å². The van der Waals surface area contributed by atoms with Crippen LogP contribution in [0.1, 0.15) is 15.9 Å². The molecule has 0 unspecified atom stereocenters. The van der Waals surface area contributed by atoms with E-state index in [0.717, 1.165) is 10.8 Å². The molecule has 160 valence electrons. The standard InChI is InChI=1S/C27H17FN2O3/c28-21-10-12-22(13-11-21)30-26(31)20(17-29)16-18-8-14-23(15-9-18)33-27(32)25-7-3-5-19-4-1-2-6-24(19)25/h1-16H,(H,30,31)/b20-16+. The van der Waals surface area contributed by atoms with Crippen molar-refractivity contribution in [3.63, 3.8) is 0 Å². The maximum atomic E-state index is 13.0. The Morgan fingerprint density at radius 1 is 0.879 bits per heavy atom. The average Bonchev–Trinajstić information content (AvgIpc) is 2.84. The van der Waals surface area contributed by atoms with Crippen molar-refractivity contribution < 1.29 is 18.7 Å². The van der Waals surface area contributed by atoms with Gasteiger partial charge in [-0.1, -0.05) is 48.5 Å². The SMILES string of the molecule is N#C/C(=C\c1ccc(OC(=O)c2cccc3ccccc23)cc1)C(=O)Nc1ccc(F)cc1. The van der Waals surface area contributed by atoms with Crippen LogP contribution in [0.2, 0.25) is 0 Å². The molecule has 0 atom stereocenters. The van der Waals surface area contributed by atoms with E-state index in [1.54, 1.807) is 36.4 Å². The summed E-state index contributed by atoms with van der Waals surface area (Å²) in [6.07, 6.45) is 1.41. The Balaban J connectivity index is 1.47. The van der Waals surface area contributed by atoms with Crippen LogP contribution in [0.5, 0.6) is 5.75 Å². The Hall–Kier alpha value is -4.76. The lowest BCUT2D eigenvalue weighted by atomic mass is 10.0. The number of esters is 1. The zero-order valence-corrected chi connectivity index (χ0v) is 17.3. The van der Waals surface area contributed by atoms with E-state index in [1.807, 2.05) is 36.4 Å². The minimum absolute atomic E-state index is 0.125. The van der Waals surface area contributed by atoms with Gasteiger partial charge in [-0.15, -0.1) is 0 Å². The van der Waals surface area contributed by atoms with Crippen LogP contribution in [0.3, 0.4) is 0 Å². The number of carbonyl (C=O) groups is 2. The zero-order valence-electron chi connectivity index (χ0n) is 17.3. The largest absolute Gasteiger partial charge is 0.423 e. The van der Waals surface area contributed by atoms with Crippen molar-refractivity contribution in [1.82, 2.24) is 0 Å². The van der Waals surface area contributed by atoms with Crippen molar-refractivity contribution in [2.24, 2.45) is 0 Å². The molecule has 0 aliphatic heterocycles. The van der Waals surface area contributed by atoms with Crippen molar-refractivity contribution in [1.29, 1.82) is 5.26 Å². The van der Waals surface area contributed by atoms with E-state index in [0.29, 0.717) is 22.6 Å². The second-order valence-electron chi connectivity index (χ2n) is 7.12. The molecule has 0 spiro atoms. The van der Waals surface area contributed by atoms with Crippen LogP contribution in [0.25, 0.3) is 16.8 Å². The molecule has 4 aromatic carbocycles. The molecular formula is C27H17FN2O3. The third kappa shape index (κ3) is 5.12. The van der Waals surface area contributed by atoms with Crippen molar-refractivity contribution in [3.05, 3.63) is 114 Å². The van der Waals surface area contributed by atoms with E-state index in [-0.39, 0.29) is 5.57 Å². The number of anilines is 1. The number of amides is 1. The van der Waals surface area contributed by atoms with Crippen LogP contribution >= 0.6 is 0 Å². The lowest BCUT2D eigenvalue weighted by Gasteiger charge is -2.08. The summed E-state index contributed by atoms with van der Waals surface area (Å²) in [6, 6.07) is 26.5. The highest BCUT2D eigenvalue weighted by molar-refractivity contribution is 6.09. The number of rotatable bonds is 5. The van der Waals surface area contributed by atoms with Crippen molar-refractivity contribution in [2.75, 3.05) is 5.32 Å². The number of nitriles is 1. The molecule has 0 aliphatic rings.